The van der Waals surface area contributed by atoms with Crippen molar-refractivity contribution in [2.24, 2.45) is 0 Å². The van der Waals surface area contributed by atoms with Crippen LogP contribution in [0.4, 0.5) is 0 Å². The van der Waals surface area contributed by atoms with Crippen LogP contribution in [0, 0.1) is 0 Å². The van der Waals surface area contributed by atoms with Crippen molar-refractivity contribution >= 4 is 25.4 Å². The summed E-state index contributed by atoms with van der Waals surface area (Å²) >= 11 is 0. The quantitative estimate of drug-likeness (QED) is 0.130. The lowest BCUT2D eigenvalue weighted by atomic mass is 10.2. The maximum Gasteiger partial charge on any atom is 0.340 e. The van der Waals surface area contributed by atoms with Crippen molar-refractivity contribution in [2.75, 3.05) is 12.7 Å². The zero-order chi connectivity index (χ0) is 27.1. The van der Waals surface area contributed by atoms with Crippen molar-refractivity contribution in [2.45, 2.75) is 53.6 Å². The van der Waals surface area contributed by atoms with E-state index in [-0.39, 0.29) is 30.3 Å². The van der Waals surface area contributed by atoms with Crippen LogP contribution in [0.5, 0.6) is 0 Å². The van der Waals surface area contributed by atoms with E-state index in [1.807, 2.05) is 13.8 Å². The molecule has 2 atom stereocenters. The van der Waals surface area contributed by atoms with Crippen LogP contribution >= 0.6 is 7.60 Å². The fraction of sp³-hybridized carbons (Fsp3) is 0.400. The second kappa shape index (κ2) is 15.9. The molecular formula is C25H34NO9P. The van der Waals surface area contributed by atoms with Gasteiger partial charge in [0.2, 0.25) is 18.5 Å². The molecule has 2 aromatic carbocycles. The molecule has 0 aliphatic rings. The van der Waals surface area contributed by atoms with E-state index in [9.17, 15) is 24.2 Å². The number of carbonyl (C=O) groups is 3. The average Bonchev–Trinajstić information content (AvgIpc) is 2.85. The van der Waals surface area contributed by atoms with Crippen LogP contribution in [-0.4, -0.2) is 53.4 Å². The normalized spacial score (nSPS) is 13.7. The Kier molecular flexibility index (Phi) is 13.6. The molecule has 1 N–H and O–H groups in total. The van der Waals surface area contributed by atoms with Gasteiger partial charge in [-0.3, -0.25) is 23.6 Å². The van der Waals surface area contributed by atoms with E-state index in [2.05, 4.69) is 0 Å². The summed E-state index contributed by atoms with van der Waals surface area (Å²) in [6.07, 6.45) is -2.76. The average molecular weight is 524 g/mol. The highest BCUT2D eigenvalue weighted by Gasteiger charge is 2.32. The first-order valence-electron chi connectivity index (χ1n) is 11.5. The maximum absolute atomic E-state index is 13.4. The molecular weight excluding hydrogens is 489 g/mol. The SMILES string of the molecule is CC.CC(=O)N(O)CCCP(=O)(OC(C)OC(=O)c1ccccc1)OC(C)OC(=O)c1ccccc1. The van der Waals surface area contributed by atoms with E-state index >= 15 is 0 Å². The number of amides is 1. The number of carbonyl (C=O) groups excluding carboxylic acids is 3. The smallest absolute Gasteiger partial charge is 0.340 e. The topological polar surface area (TPSA) is 129 Å². The molecule has 0 fully saturated rings. The van der Waals surface area contributed by atoms with Crippen molar-refractivity contribution < 1.29 is 42.7 Å². The lowest BCUT2D eigenvalue weighted by Crippen LogP contribution is -2.27. The second-order valence-electron chi connectivity index (χ2n) is 7.22. The maximum atomic E-state index is 13.4. The van der Waals surface area contributed by atoms with Crippen molar-refractivity contribution in [3.8, 4) is 0 Å². The summed E-state index contributed by atoms with van der Waals surface area (Å²) in [6, 6.07) is 16.3. The van der Waals surface area contributed by atoms with Gasteiger partial charge >= 0.3 is 19.5 Å². The lowest BCUT2D eigenvalue weighted by Gasteiger charge is -2.25. The van der Waals surface area contributed by atoms with E-state index in [1.165, 1.54) is 20.8 Å². The molecule has 0 aromatic heterocycles. The molecule has 36 heavy (non-hydrogen) atoms. The lowest BCUT2D eigenvalue weighted by molar-refractivity contribution is -0.162. The Balaban J connectivity index is 0.00000316. The van der Waals surface area contributed by atoms with E-state index in [0.717, 1.165) is 0 Å². The third kappa shape index (κ3) is 11.1. The minimum atomic E-state index is -4.02. The first kappa shape index (κ1) is 31.0. The van der Waals surface area contributed by atoms with Gasteiger partial charge < -0.3 is 9.47 Å². The molecule has 0 radical (unpaired) electrons. The van der Waals surface area contributed by atoms with Gasteiger partial charge in [-0.2, -0.15) is 0 Å². The Hall–Kier alpha value is -3.04. The van der Waals surface area contributed by atoms with E-state index < -0.39 is 38.0 Å². The van der Waals surface area contributed by atoms with Crippen molar-refractivity contribution in [1.29, 1.82) is 0 Å². The van der Waals surface area contributed by atoms with Gasteiger partial charge in [0.15, 0.2) is 0 Å². The van der Waals surface area contributed by atoms with Crippen LogP contribution in [0.2, 0.25) is 0 Å². The molecule has 0 aliphatic carbocycles. The molecule has 198 valence electrons. The fourth-order valence-corrected chi connectivity index (χ4v) is 4.56. The number of nitrogens with zero attached hydrogens (tertiary/aromatic N) is 1. The van der Waals surface area contributed by atoms with Crippen LogP contribution in [0.1, 0.15) is 61.8 Å². The van der Waals surface area contributed by atoms with Gasteiger partial charge in [-0.25, -0.2) is 14.7 Å². The third-order valence-electron chi connectivity index (χ3n) is 4.35. The van der Waals surface area contributed by atoms with Crippen molar-refractivity contribution in [3.05, 3.63) is 71.8 Å². The van der Waals surface area contributed by atoms with E-state index in [0.29, 0.717) is 5.06 Å². The molecule has 2 unspecified atom stereocenters. The summed E-state index contributed by atoms with van der Waals surface area (Å²) in [6.45, 7) is 7.77. The predicted octanol–water partition coefficient (Wildman–Crippen LogP) is 5.27. The molecule has 1 amide bonds. The first-order valence-corrected chi connectivity index (χ1v) is 13.3. The van der Waals surface area contributed by atoms with Crippen LogP contribution in [0.15, 0.2) is 60.7 Å². The summed E-state index contributed by atoms with van der Waals surface area (Å²) in [7, 11) is -4.02. The molecule has 10 nitrogen and oxygen atoms in total. The molecule has 0 spiro atoms. The largest absolute Gasteiger partial charge is 0.432 e. The highest BCUT2D eigenvalue weighted by molar-refractivity contribution is 7.53. The Morgan fingerprint density at radius 3 is 1.58 bits per heavy atom. The number of ether oxygens (including phenoxy) is 2. The molecule has 0 bridgehead atoms. The Morgan fingerprint density at radius 1 is 0.833 bits per heavy atom. The Morgan fingerprint density at radius 2 is 1.22 bits per heavy atom. The van der Waals surface area contributed by atoms with Gasteiger partial charge in [0.25, 0.3) is 0 Å². The fourth-order valence-electron chi connectivity index (χ4n) is 2.78. The minimum Gasteiger partial charge on any atom is -0.432 e. The summed E-state index contributed by atoms with van der Waals surface area (Å²) in [5, 5.41) is 10.0. The number of hydrogen-bond donors (Lipinski definition) is 1. The van der Waals surface area contributed by atoms with Crippen molar-refractivity contribution in [3.63, 3.8) is 0 Å². The highest BCUT2D eigenvalue weighted by atomic mass is 31.2. The molecule has 0 aliphatic heterocycles. The van der Waals surface area contributed by atoms with Gasteiger partial charge in [-0.05, 0) is 44.5 Å². The van der Waals surface area contributed by atoms with Gasteiger partial charge in [0.1, 0.15) is 0 Å². The van der Waals surface area contributed by atoms with Crippen LogP contribution in [0.3, 0.4) is 0 Å². The summed E-state index contributed by atoms with van der Waals surface area (Å²) in [5.74, 6) is -1.98. The van der Waals surface area contributed by atoms with Crippen LogP contribution in [-0.2, 0) is 27.9 Å². The van der Waals surface area contributed by atoms with Crippen LogP contribution < -0.4 is 0 Å². The summed E-state index contributed by atoms with van der Waals surface area (Å²) < 4.78 is 34.7. The van der Waals surface area contributed by atoms with E-state index in [1.54, 1.807) is 60.7 Å². The highest BCUT2D eigenvalue weighted by Crippen LogP contribution is 2.51. The number of esters is 2. The van der Waals surface area contributed by atoms with Crippen LogP contribution in [0.25, 0.3) is 0 Å². The number of hydroxylamine groups is 2. The molecule has 2 rings (SSSR count). The zero-order valence-corrected chi connectivity index (χ0v) is 22.1. The van der Waals surface area contributed by atoms with Crippen molar-refractivity contribution in [1.82, 2.24) is 5.06 Å². The predicted molar refractivity (Wildman–Crippen MR) is 132 cm³/mol. The van der Waals surface area contributed by atoms with Gasteiger partial charge in [0.05, 0.1) is 17.3 Å². The second-order valence-corrected chi connectivity index (χ2v) is 9.31. The molecule has 0 saturated heterocycles. The van der Waals surface area contributed by atoms with Gasteiger partial charge in [-0.1, -0.05) is 50.2 Å². The minimum absolute atomic E-state index is 0.0338. The monoisotopic (exact) mass is 523 g/mol. The third-order valence-corrected chi connectivity index (χ3v) is 6.45. The number of hydrogen-bond acceptors (Lipinski definition) is 9. The molecule has 0 saturated carbocycles. The number of rotatable bonds is 12. The molecule has 0 heterocycles. The molecule has 2 aromatic rings. The summed E-state index contributed by atoms with van der Waals surface area (Å²) in [5.41, 5.74) is 0.549. The zero-order valence-electron chi connectivity index (χ0n) is 21.2. The first-order chi connectivity index (χ1) is 17.1. The standard InChI is InChI=1S/C23H28NO9P.C2H6/c1-17(25)24(28)15-10-16-34(29,32-18(2)30-22(26)20-11-6-4-7-12-20)33-19(3)31-23(27)21-13-8-5-9-14-21;1-2/h4-9,11-14,18-19,28H,10,15-16H2,1-3H3;1-2H3. The summed E-state index contributed by atoms with van der Waals surface area (Å²) in [4.78, 5) is 35.7. The van der Waals surface area contributed by atoms with Gasteiger partial charge in [0, 0.05) is 13.5 Å². The molecule has 11 heteroatoms. The Bertz CT molecular complexity index is 936. The Labute approximate surface area is 211 Å². The number of benzene rings is 2. The van der Waals surface area contributed by atoms with E-state index in [4.69, 9.17) is 18.5 Å². The van der Waals surface area contributed by atoms with Gasteiger partial charge in [-0.15, -0.1) is 0 Å².